The van der Waals surface area contributed by atoms with Gasteiger partial charge in [-0.2, -0.15) is 0 Å². The molecule has 0 radical (unpaired) electrons. The Morgan fingerprint density at radius 1 is 1.35 bits per heavy atom. The summed E-state index contributed by atoms with van der Waals surface area (Å²) in [6, 6.07) is 3.99. The molecule has 5 heteroatoms. The number of benzene rings is 1. The molecule has 1 aromatic carbocycles. The molecule has 0 unspecified atom stereocenters. The van der Waals surface area contributed by atoms with Crippen LogP contribution in [0.3, 0.4) is 0 Å². The summed E-state index contributed by atoms with van der Waals surface area (Å²) in [5.41, 5.74) is 1.57. The van der Waals surface area contributed by atoms with Crippen molar-refractivity contribution in [2.75, 3.05) is 26.2 Å². The summed E-state index contributed by atoms with van der Waals surface area (Å²) in [6.45, 7) is 7.98. The topological polar surface area (TPSA) is 15.3 Å². The van der Waals surface area contributed by atoms with Gasteiger partial charge in [-0.3, -0.25) is 4.90 Å². The number of hydrogen-bond donors (Lipinski definition) is 1. The molecule has 20 heavy (non-hydrogen) atoms. The molecule has 1 N–H and O–H groups in total. The number of aryl methyl sites for hydroxylation is 1. The lowest BCUT2D eigenvalue weighted by Crippen LogP contribution is -2.45. The van der Waals surface area contributed by atoms with Gasteiger partial charge in [0.15, 0.2) is 0 Å². The van der Waals surface area contributed by atoms with Gasteiger partial charge in [0.05, 0.1) is 0 Å². The van der Waals surface area contributed by atoms with Crippen LogP contribution in [-0.4, -0.2) is 31.1 Å². The van der Waals surface area contributed by atoms with E-state index in [4.69, 9.17) is 0 Å². The Morgan fingerprint density at radius 3 is 2.60 bits per heavy atom. The molecule has 0 aliphatic carbocycles. The first-order valence-corrected chi connectivity index (χ1v) is 7.83. The predicted octanol–water partition coefficient (Wildman–Crippen LogP) is 4.06. The van der Waals surface area contributed by atoms with Gasteiger partial charge < -0.3 is 5.32 Å². The Morgan fingerprint density at radius 2 is 2.00 bits per heavy atom. The molecule has 0 aromatic heterocycles. The molecule has 1 atom stereocenters. The van der Waals surface area contributed by atoms with Crippen molar-refractivity contribution in [1.29, 1.82) is 0 Å². The Kier molecular flexibility index (Phi) is 7.45. The van der Waals surface area contributed by atoms with Gasteiger partial charge in [-0.05, 0) is 31.0 Å². The second kappa shape index (κ2) is 8.32. The maximum Gasteiger partial charge on any atom is 0.130 e. The molecular formula is C15H23BrClFN2. The number of nitrogens with zero attached hydrogens (tertiary/aromatic N) is 1. The van der Waals surface area contributed by atoms with E-state index in [2.05, 4.69) is 33.1 Å². The van der Waals surface area contributed by atoms with Gasteiger partial charge in [-0.15, -0.1) is 12.4 Å². The lowest BCUT2D eigenvalue weighted by molar-refractivity contribution is 0.161. The number of piperazine rings is 1. The second-order valence-electron chi connectivity index (χ2n) is 5.22. The van der Waals surface area contributed by atoms with Crippen LogP contribution in [0.25, 0.3) is 0 Å². The molecule has 0 bridgehead atoms. The fraction of sp³-hybridized carbons (Fsp3) is 0.600. The summed E-state index contributed by atoms with van der Waals surface area (Å²) in [7, 11) is 0. The Hall–Kier alpha value is -0.160. The van der Waals surface area contributed by atoms with Crippen LogP contribution in [0.2, 0.25) is 0 Å². The highest BCUT2D eigenvalue weighted by atomic mass is 79.9. The van der Waals surface area contributed by atoms with Crippen LogP contribution in [0.5, 0.6) is 0 Å². The minimum absolute atomic E-state index is 0. The lowest BCUT2D eigenvalue weighted by Gasteiger charge is -2.35. The van der Waals surface area contributed by atoms with E-state index in [0.717, 1.165) is 54.6 Å². The van der Waals surface area contributed by atoms with Gasteiger partial charge in [-0.1, -0.05) is 29.3 Å². The van der Waals surface area contributed by atoms with E-state index in [1.165, 1.54) is 0 Å². The van der Waals surface area contributed by atoms with E-state index < -0.39 is 0 Å². The normalized spacial score (nSPS) is 17.6. The van der Waals surface area contributed by atoms with Gasteiger partial charge in [0.2, 0.25) is 0 Å². The largest absolute Gasteiger partial charge is 0.314 e. The minimum atomic E-state index is -0.0415. The van der Waals surface area contributed by atoms with E-state index in [-0.39, 0.29) is 24.3 Å². The van der Waals surface area contributed by atoms with Crippen LogP contribution in [0, 0.1) is 12.7 Å². The fourth-order valence-corrected chi connectivity index (χ4v) is 3.39. The van der Waals surface area contributed by atoms with Crippen molar-refractivity contribution < 1.29 is 4.39 Å². The molecule has 0 saturated carbocycles. The third-order valence-corrected chi connectivity index (χ3v) is 4.22. The first-order valence-electron chi connectivity index (χ1n) is 7.03. The van der Waals surface area contributed by atoms with Gasteiger partial charge >= 0.3 is 0 Å². The molecule has 0 amide bonds. The van der Waals surface area contributed by atoms with Crippen molar-refractivity contribution in [2.45, 2.75) is 32.7 Å². The zero-order valence-corrected chi connectivity index (χ0v) is 14.5. The molecule has 2 nitrogen and oxygen atoms in total. The first kappa shape index (κ1) is 17.9. The molecule has 1 aliphatic heterocycles. The zero-order valence-electron chi connectivity index (χ0n) is 12.1. The van der Waals surface area contributed by atoms with Gasteiger partial charge in [0.25, 0.3) is 0 Å². The van der Waals surface area contributed by atoms with Crippen molar-refractivity contribution in [3.05, 3.63) is 33.5 Å². The molecule has 1 saturated heterocycles. The summed E-state index contributed by atoms with van der Waals surface area (Å²) in [6.07, 6.45) is 2.08. The van der Waals surface area contributed by atoms with Crippen molar-refractivity contribution in [3.8, 4) is 0 Å². The van der Waals surface area contributed by atoms with Crippen LogP contribution in [0.15, 0.2) is 16.6 Å². The maximum atomic E-state index is 14.4. The van der Waals surface area contributed by atoms with E-state index in [0.29, 0.717) is 0 Å². The third-order valence-electron chi connectivity index (χ3n) is 3.76. The fourth-order valence-electron chi connectivity index (χ4n) is 2.80. The zero-order chi connectivity index (χ0) is 13.8. The Labute approximate surface area is 135 Å². The van der Waals surface area contributed by atoms with E-state index in [1.807, 2.05) is 19.1 Å². The summed E-state index contributed by atoms with van der Waals surface area (Å²) in [4.78, 5) is 2.41. The molecule has 1 aromatic rings. The monoisotopic (exact) mass is 364 g/mol. The third kappa shape index (κ3) is 4.17. The Balaban J connectivity index is 0.00000200. The second-order valence-corrected chi connectivity index (χ2v) is 6.13. The highest BCUT2D eigenvalue weighted by Gasteiger charge is 2.24. The standard InChI is InChI=1S/C15H22BrFN2.ClH/c1-3-4-14(19-7-5-18-6-8-19)13-10-12(16)9-11(2)15(13)17;/h9-10,14,18H,3-8H2,1-2H3;1H/t14-;/m0./s1. The molecule has 114 valence electrons. The summed E-state index contributed by atoms with van der Waals surface area (Å²) >= 11 is 3.49. The smallest absolute Gasteiger partial charge is 0.130 e. The molecule has 0 spiro atoms. The van der Waals surface area contributed by atoms with Crippen LogP contribution in [-0.2, 0) is 0 Å². The van der Waals surface area contributed by atoms with E-state index in [1.54, 1.807) is 0 Å². The Bertz CT molecular complexity index is 436. The number of halogens is 3. The van der Waals surface area contributed by atoms with Crippen LogP contribution < -0.4 is 5.32 Å². The number of rotatable bonds is 4. The van der Waals surface area contributed by atoms with Gasteiger partial charge in [-0.25, -0.2) is 4.39 Å². The van der Waals surface area contributed by atoms with Crippen LogP contribution in [0.4, 0.5) is 4.39 Å². The average Bonchev–Trinajstić information content (AvgIpc) is 2.41. The molecule has 1 heterocycles. The number of nitrogens with one attached hydrogen (secondary N) is 1. The number of hydrogen-bond acceptors (Lipinski definition) is 2. The first-order chi connectivity index (χ1) is 9.13. The summed E-state index contributed by atoms with van der Waals surface area (Å²) in [5, 5.41) is 3.36. The maximum absolute atomic E-state index is 14.4. The quantitative estimate of drug-likeness (QED) is 0.865. The highest BCUT2D eigenvalue weighted by molar-refractivity contribution is 9.10. The van der Waals surface area contributed by atoms with Crippen molar-refractivity contribution in [1.82, 2.24) is 10.2 Å². The SMILES string of the molecule is CCC[C@@H](c1cc(Br)cc(C)c1F)N1CCNCC1.Cl. The van der Waals surface area contributed by atoms with E-state index >= 15 is 0 Å². The molecule has 1 fully saturated rings. The van der Waals surface area contributed by atoms with Crippen molar-refractivity contribution in [2.24, 2.45) is 0 Å². The predicted molar refractivity (Wildman–Crippen MR) is 88.2 cm³/mol. The average molecular weight is 366 g/mol. The highest BCUT2D eigenvalue weighted by Crippen LogP contribution is 2.31. The van der Waals surface area contributed by atoms with E-state index in [9.17, 15) is 4.39 Å². The van der Waals surface area contributed by atoms with Crippen LogP contribution in [0.1, 0.15) is 36.9 Å². The van der Waals surface area contributed by atoms with Gasteiger partial charge in [0.1, 0.15) is 5.82 Å². The summed E-state index contributed by atoms with van der Waals surface area (Å²) < 4.78 is 15.4. The lowest BCUT2D eigenvalue weighted by atomic mass is 9.97. The minimum Gasteiger partial charge on any atom is -0.314 e. The molecular weight excluding hydrogens is 343 g/mol. The van der Waals surface area contributed by atoms with Crippen molar-refractivity contribution >= 4 is 28.3 Å². The van der Waals surface area contributed by atoms with Crippen LogP contribution >= 0.6 is 28.3 Å². The van der Waals surface area contributed by atoms with Gasteiger partial charge in [0, 0.05) is 42.3 Å². The molecule has 2 rings (SSSR count). The van der Waals surface area contributed by atoms with Crippen molar-refractivity contribution in [3.63, 3.8) is 0 Å². The molecule has 1 aliphatic rings. The summed E-state index contributed by atoms with van der Waals surface area (Å²) in [5.74, 6) is -0.0415.